The molecular weight excluding hydrogens is 372 g/mol. The summed E-state index contributed by atoms with van der Waals surface area (Å²) >= 11 is 0. The topological polar surface area (TPSA) is 55.8 Å². The van der Waals surface area contributed by atoms with Gasteiger partial charge in [0.15, 0.2) is 0 Å². The lowest BCUT2D eigenvalue weighted by Crippen LogP contribution is -2.50. The van der Waals surface area contributed by atoms with Gasteiger partial charge in [0.25, 0.3) is 0 Å². The Morgan fingerprint density at radius 1 is 1.00 bits per heavy atom. The molecule has 1 atom stereocenters. The van der Waals surface area contributed by atoms with E-state index >= 15 is 0 Å². The molecule has 1 rings (SSSR count). The van der Waals surface area contributed by atoms with E-state index in [4.69, 9.17) is 0 Å². The molecule has 1 aromatic carbocycles. The number of halogens is 6. The van der Waals surface area contributed by atoms with E-state index in [2.05, 4.69) is 9.57 Å². The van der Waals surface area contributed by atoms with Gasteiger partial charge in [0.2, 0.25) is 6.23 Å². The highest BCUT2D eigenvalue weighted by Crippen LogP contribution is 2.24. The highest BCUT2D eigenvalue weighted by molar-refractivity contribution is 5.81. The molecule has 1 aromatic rings. The SMILES string of the molecule is CCc1ccc(CC(OC(=O)C(F)(F)F)N(OC)C(=O)C(F)(F)F)cc1. The molecule has 0 aromatic heterocycles. The van der Waals surface area contributed by atoms with Gasteiger partial charge in [0.05, 0.1) is 7.11 Å². The summed E-state index contributed by atoms with van der Waals surface area (Å²) in [6, 6.07) is 6.06. The summed E-state index contributed by atoms with van der Waals surface area (Å²) in [5.74, 6) is -5.35. The number of hydrogen-bond donors (Lipinski definition) is 0. The van der Waals surface area contributed by atoms with Gasteiger partial charge in [-0.2, -0.15) is 31.4 Å². The van der Waals surface area contributed by atoms with Gasteiger partial charge in [-0.25, -0.2) is 4.79 Å². The van der Waals surface area contributed by atoms with Gasteiger partial charge >= 0.3 is 24.2 Å². The van der Waals surface area contributed by atoms with E-state index in [9.17, 15) is 35.9 Å². The van der Waals surface area contributed by atoms with E-state index in [1.54, 1.807) is 12.1 Å². The molecular formula is C15H15F6NO4. The zero-order valence-corrected chi connectivity index (χ0v) is 13.6. The molecule has 0 radical (unpaired) electrons. The monoisotopic (exact) mass is 387 g/mol. The van der Waals surface area contributed by atoms with Gasteiger partial charge in [-0.15, -0.1) is 0 Å². The van der Waals surface area contributed by atoms with Crippen LogP contribution in [-0.4, -0.2) is 42.6 Å². The smallest absolute Gasteiger partial charge is 0.432 e. The number of ether oxygens (including phenoxy) is 1. The Morgan fingerprint density at radius 3 is 1.88 bits per heavy atom. The fourth-order valence-corrected chi connectivity index (χ4v) is 1.93. The Kier molecular flexibility index (Phi) is 7.01. The van der Waals surface area contributed by atoms with Crippen LogP contribution in [0.2, 0.25) is 0 Å². The predicted molar refractivity (Wildman–Crippen MR) is 75.4 cm³/mol. The standard InChI is InChI=1S/C15H15F6NO4/c1-3-9-4-6-10(7-5-9)8-11(26-13(24)15(19,20)21)22(25-2)12(23)14(16,17)18/h4-7,11H,3,8H2,1-2H3. The van der Waals surface area contributed by atoms with Crippen molar-refractivity contribution in [2.75, 3.05) is 7.11 Å². The molecule has 0 heterocycles. The Balaban J connectivity index is 3.14. The molecule has 0 saturated heterocycles. The molecule has 1 unspecified atom stereocenters. The summed E-state index contributed by atoms with van der Waals surface area (Å²) < 4.78 is 79.2. The number of carbonyl (C=O) groups is 2. The number of benzene rings is 1. The molecule has 26 heavy (non-hydrogen) atoms. The van der Waals surface area contributed by atoms with Crippen LogP contribution in [0.5, 0.6) is 0 Å². The van der Waals surface area contributed by atoms with Crippen molar-refractivity contribution in [2.45, 2.75) is 38.3 Å². The fourth-order valence-electron chi connectivity index (χ4n) is 1.93. The molecule has 0 aliphatic rings. The maximum Gasteiger partial charge on any atom is 0.491 e. The second kappa shape index (κ2) is 8.39. The van der Waals surface area contributed by atoms with Crippen molar-refractivity contribution in [3.05, 3.63) is 35.4 Å². The van der Waals surface area contributed by atoms with Crippen molar-refractivity contribution in [1.29, 1.82) is 0 Å². The van der Waals surface area contributed by atoms with Crippen LogP contribution in [0.3, 0.4) is 0 Å². The number of esters is 1. The van der Waals surface area contributed by atoms with Crippen molar-refractivity contribution >= 4 is 11.9 Å². The Morgan fingerprint density at radius 2 is 1.50 bits per heavy atom. The van der Waals surface area contributed by atoms with Crippen LogP contribution >= 0.6 is 0 Å². The predicted octanol–water partition coefficient (Wildman–Crippen LogP) is 3.18. The quantitative estimate of drug-likeness (QED) is 0.326. The molecule has 0 N–H and O–H groups in total. The number of aryl methyl sites for hydroxylation is 1. The molecule has 0 saturated carbocycles. The van der Waals surface area contributed by atoms with Gasteiger partial charge in [0.1, 0.15) is 0 Å². The van der Waals surface area contributed by atoms with Crippen LogP contribution in [0, 0.1) is 0 Å². The van der Waals surface area contributed by atoms with Crippen LogP contribution in [0.4, 0.5) is 26.3 Å². The number of nitrogens with zero attached hydrogens (tertiary/aromatic N) is 1. The molecule has 0 spiro atoms. The number of alkyl halides is 6. The Bertz CT molecular complexity index is 627. The number of hydroxylamine groups is 2. The van der Waals surface area contributed by atoms with E-state index in [0.717, 1.165) is 5.56 Å². The van der Waals surface area contributed by atoms with Crippen molar-refractivity contribution < 1.29 is 45.5 Å². The minimum absolute atomic E-state index is 0.235. The van der Waals surface area contributed by atoms with E-state index in [1.165, 1.54) is 12.1 Å². The lowest BCUT2D eigenvalue weighted by molar-refractivity contribution is -0.268. The summed E-state index contributed by atoms with van der Waals surface area (Å²) in [5.41, 5.74) is 1.10. The molecule has 146 valence electrons. The van der Waals surface area contributed by atoms with Gasteiger partial charge < -0.3 is 4.74 Å². The van der Waals surface area contributed by atoms with Gasteiger partial charge in [-0.3, -0.25) is 9.63 Å². The van der Waals surface area contributed by atoms with Crippen molar-refractivity contribution in [3.63, 3.8) is 0 Å². The van der Waals surface area contributed by atoms with E-state index in [0.29, 0.717) is 13.5 Å². The second-order valence-electron chi connectivity index (χ2n) is 5.04. The van der Waals surface area contributed by atoms with Crippen LogP contribution in [-0.2, 0) is 32.0 Å². The maximum atomic E-state index is 12.6. The van der Waals surface area contributed by atoms with E-state index in [-0.39, 0.29) is 5.56 Å². The van der Waals surface area contributed by atoms with Crippen molar-refractivity contribution in [3.8, 4) is 0 Å². The van der Waals surface area contributed by atoms with Crippen molar-refractivity contribution in [2.24, 2.45) is 0 Å². The summed E-state index contributed by atoms with van der Waals surface area (Å²) in [7, 11) is 0.637. The first-order chi connectivity index (χ1) is 11.9. The lowest BCUT2D eigenvalue weighted by Gasteiger charge is -2.29. The van der Waals surface area contributed by atoms with Crippen LogP contribution < -0.4 is 0 Å². The summed E-state index contributed by atoms with van der Waals surface area (Å²) in [4.78, 5) is 26.6. The number of carbonyl (C=O) groups excluding carboxylic acids is 2. The third kappa shape index (κ3) is 5.90. The number of amides is 1. The van der Waals surface area contributed by atoms with Gasteiger partial charge in [-0.1, -0.05) is 31.2 Å². The Hall–Kier alpha value is -2.30. The molecule has 5 nitrogen and oxygen atoms in total. The normalized spacial score (nSPS) is 13.2. The molecule has 0 bridgehead atoms. The second-order valence-corrected chi connectivity index (χ2v) is 5.04. The summed E-state index contributed by atoms with van der Waals surface area (Å²) in [6.07, 6.45) is -13.1. The maximum absolute atomic E-state index is 12.6. The molecule has 1 amide bonds. The van der Waals surface area contributed by atoms with E-state index < -0.39 is 41.9 Å². The third-order valence-electron chi connectivity index (χ3n) is 3.22. The Labute approximate surface area is 144 Å². The zero-order valence-electron chi connectivity index (χ0n) is 13.6. The number of hydrogen-bond acceptors (Lipinski definition) is 4. The average Bonchev–Trinajstić information content (AvgIpc) is 2.54. The van der Waals surface area contributed by atoms with Crippen LogP contribution in [0.25, 0.3) is 0 Å². The zero-order chi connectivity index (χ0) is 20.1. The minimum Gasteiger partial charge on any atom is -0.432 e. The minimum atomic E-state index is -5.45. The highest BCUT2D eigenvalue weighted by atomic mass is 19.4. The molecule has 0 fully saturated rings. The van der Waals surface area contributed by atoms with E-state index in [1.807, 2.05) is 6.92 Å². The summed E-state index contributed by atoms with van der Waals surface area (Å²) in [6.45, 7) is 1.84. The van der Waals surface area contributed by atoms with Gasteiger partial charge in [-0.05, 0) is 17.5 Å². The third-order valence-corrected chi connectivity index (χ3v) is 3.22. The fraction of sp³-hybridized carbons (Fsp3) is 0.467. The first kappa shape index (κ1) is 21.7. The number of rotatable bonds is 6. The highest BCUT2D eigenvalue weighted by Gasteiger charge is 2.49. The first-order valence-electron chi connectivity index (χ1n) is 7.20. The molecule has 11 heteroatoms. The van der Waals surface area contributed by atoms with Crippen LogP contribution in [0.15, 0.2) is 24.3 Å². The molecule has 0 aliphatic heterocycles. The van der Waals surface area contributed by atoms with Gasteiger partial charge in [0, 0.05) is 6.42 Å². The first-order valence-corrected chi connectivity index (χ1v) is 7.20. The lowest BCUT2D eigenvalue weighted by atomic mass is 10.1. The largest absolute Gasteiger partial charge is 0.491 e. The molecule has 0 aliphatic carbocycles. The summed E-state index contributed by atoms with van der Waals surface area (Å²) in [5, 5.41) is -0.447. The van der Waals surface area contributed by atoms with Crippen LogP contribution in [0.1, 0.15) is 18.1 Å². The average molecular weight is 387 g/mol. The van der Waals surface area contributed by atoms with Crippen molar-refractivity contribution in [1.82, 2.24) is 5.06 Å².